The first kappa shape index (κ1) is 16.2. The molecule has 0 aliphatic carbocycles. The fraction of sp³-hybridized carbons (Fsp3) is 0.647. The summed E-state index contributed by atoms with van der Waals surface area (Å²) in [6.07, 6.45) is 2.33. The van der Waals surface area contributed by atoms with Gasteiger partial charge in [0.1, 0.15) is 5.82 Å². The summed E-state index contributed by atoms with van der Waals surface area (Å²) in [7, 11) is 0. The van der Waals surface area contributed by atoms with E-state index in [0.717, 1.165) is 18.4 Å². The van der Waals surface area contributed by atoms with Crippen molar-refractivity contribution in [3.05, 3.63) is 35.6 Å². The first-order valence-electron chi connectivity index (χ1n) is 7.40. The molecule has 0 aromatic heterocycles. The van der Waals surface area contributed by atoms with Crippen LogP contribution in [0, 0.1) is 17.7 Å². The van der Waals surface area contributed by atoms with Crippen molar-refractivity contribution in [3.63, 3.8) is 0 Å². The van der Waals surface area contributed by atoms with E-state index in [0.29, 0.717) is 17.9 Å². The van der Waals surface area contributed by atoms with Crippen molar-refractivity contribution in [2.24, 2.45) is 11.8 Å². The van der Waals surface area contributed by atoms with Crippen LogP contribution in [0.1, 0.15) is 59.1 Å². The van der Waals surface area contributed by atoms with Gasteiger partial charge in [0.25, 0.3) is 0 Å². The van der Waals surface area contributed by atoms with Crippen LogP contribution < -0.4 is 5.32 Å². The standard InChI is InChI=1S/C17H28FN/c1-12(2)9-17(10-13(3)4)19-14(5)15-7-6-8-16(18)11-15/h6-8,11-14,17,19H,9-10H2,1-5H3/t14-/m0/s1. The average Bonchev–Trinajstić information content (AvgIpc) is 2.26. The predicted molar refractivity (Wildman–Crippen MR) is 80.6 cm³/mol. The number of halogens is 1. The quantitative estimate of drug-likeness (QED) is 0.736. The Kier molecular flexibility index (Phi) is 6.50. The third-order valence-electron chi connectivity index (χ3n) is 3.35. The molecule has 0 heterocycles. The Morgan fingerprint density at radius 1 is 1.00 bits per heavy atom. The van der Waals surface area contributed by atoms with E-state index in [4.69, 9.17) is 0 Å². The van der Waals surface area contributed by atoms with Gasteiger partial charge in [-0.25, -0.2) is 4.39 Å². The van der Waals surface area contributed by atoms with Gasteiger partial charge >= 0.3 is 0 Å². The molecule has 0 saturated carbocycles. The Labute approximate surface area is 117 Å². The molecule has 0 saturated heterocycles. The van der Waals surface area contributed by atoms with Crippen LogP contribution in [0.3, 0.4) is 0 Å². The zero-order valence-corrected chi connectivity index (χ0v) is 12.9. The molecule has 108 valence electrons. The lowest BCUT2D eigenvalue weighted by molar-refractivity contribution is 0.335. The Morgan fingerprint density at radius 3 is 2.05 bits per heavy atom. The molecule has 0 bridgehead atoms. The molecule has 1 aromatic carbocycles. The van der Waals surface area contributed by atoms with Crippen molar-refractivity contribution in [2.75, 3.05) is 0 Å². The van der Waals surface area contributed by atoms with Crippen LogP contribution in [0.5, 0.6) is 0 Å². The summed E-state index contributed by atoms with van der Waals surface area (Å²) < 4.78 is 13.3. The number of hydrogen-bond donors (Lipinski definition) is 1. The highest BCUT2D eigenvalue weighted by atomic mass is 19.1. The number of nitrogens with one attached hydrogen (secondary N) is 1. The summed E-state index contributed by atoms with van der Waals surface area (Å²) in [6, 6.07) is 7.58. The zero-order chi connectivity index (χ0) is 14.4. The van der Waals surface area contributed by atoms with Crippen molar-refractivity contribution in [1.82, 2.24) is 5.32 Å². The summed E-state index contributed by atoms with van der Waals surface area (Å²) in [5, 5.41) is 3.66. The predicted octanol–water partition coefficient (Wildman–Crippen LogP) is 4.94. The van der Waals surface area contributed by atoms with Crippen LogP contribution in [-0.4, -0.2) is 6.04 Å². The van der Waals surface area contributed by atoms with E-state index in [1.165, 1.54) is 6.07 Å². The first-order chi connectivity index (χ1) is 8.88. The Morgan fingerprint density at radius 2 is 1.58 bits per heavy atom. The molecule has 0 aliphatic heterocycles. The maximum absolute atomic E-state index is 13.3. The molecule has 0 aliphatic rings. The van der Waals surface area contributed by atoms with Gasteiger partial charge < -0.3 is 5.32 Å². The van der Waals surface area contributed by atoms with Gasteiger partial charge in [0.15, 0.2) is 0 Å². The van der Waals surface area contributed by atoms with Crippen molar-refractivity contribution < 1.29 is 4.39 Å². The largest absolute Gasteiger partial charge is 0.307 e. The lowest BCUT2D eigenvalue weighted by Crippen LogP contribution is -2.34. The zero-order valence-electron chi connectivity index (χ0n) is 12.9. The third kappa shape index (κ3) is 6.20. The minimum Gasteiger partial charge on any atom is -0.307 e. The monoisotopic (exact) mass is 265 g/mol. The van der Waals surface area contributed by atoms with Crippen LogP contribution in [0.25, 0.3) is 0 Å². The van der Waals surface area contributed by atoms with Gasteiger partial charge in [0.05, 0.1) is 0 Å². The van der Waals surface area contributed by atoms with Gasteiger partial charge in [-0.1, -0.05) is 39.8 Å². The third-order valence-corrected chi connectivity index (χ3v) is 3.35. The lowest BCUT2D eigenvalue weighted by Gasteiger charge is -2.26. The SMILES string of the molecule is CC(C)CC(CC(C)C)N[C@@H](C)c1cccc(F)c1. The van der Waals surface area contributed by atoms with Crippen molar-refractivity contribution >= 4 is 0 Å². The van der Waals surface area contributed by atoms with E-state index in [1.807, 2.05) is 6.07 Å². The molecular formula is C17H28FN. The van der Waals surface area contributed by atoms with E-state index >= 15 is 0 Å². The molecule has 19 heavy (non-hydrogen) atoms. The van der Waals surface area contributed by atoms with Crippen LogP contribution in [0.15, 0.2) is 24.3 Å². The van der Waals surface area contributed by atoms with Crippen LogP contribution in [0.4, 0.5) is 4.39 Å². The molecule has 0 radical (unpaired) electrons. The number of hydrogen-bond acceptors (Lipinski definition) is 1. The molecule has 2 heteroatoms. The van der Waals surface area contributed by atoms with E-state index in [1.54, 1.807) is 12.1 Å². The molecule has 1 nitrogen and oxygen atoms in total. The highest BCUT2D eigenvalue weighted by Gasteiger charge is 2.16. The topological polar surface area (TPSA) is 12.0 Å². The fourth-order valence-corrected chi connectivity index (χ4v) is 2.60. The molecule has 0 amide bonds. The number of benzene rings is 1. The van der Waals surface area contributed by atoms with E-state index in [2.05, 4.69) is 39.9 Å². The van der Waals surface area contributed by atoms with Crippen molar-refractivity contribution in [1.29, 1.82) is 0 Å². The summed E-state index contributed by atoms with van der Waals surface area (Å²) >= 11 is 0. The summed E-state index contributed by atoms with van der Waals surface area (Å²) in [5.74, 6) is 1.20. The summed E-state index contributed by atoms with van der Waals surface area (Å²) in [6.45, 7) is 11.1. The minimum absolute atomic E-state index is 0.157. The van der Waals surface area contributed by atoms with Crippen LogP contribution in [-0.2, 0) is 0 Å². The maximum Gasteiger partial charge on any atom is 0.123 e. The smallest absolute Gasteiger partial charge is 0.123 e. The number of rotatable bonds is 7. The molecule has 1 aromatic rings. The molecular weight excluding hydrogens is 237 g/mol. The highest BCUT2D eigenvalue weighted by molar-refractivity contribution is 5.19. The second-order valence-electron chi connectivity index (χ2n) is 6.40. The van der Waals surface area contributed by atoms with Gasteiger partial charge in [-0.2, -0.15) is 0 Å². The Bertz CT molecular complexity index is 363. The van der Waals surface area contributed by atoms with Crippen LogP contribution in [0.2, 0.25) is 0 Å². The average molecular weight is 265 g/mol. The Hall–Kier alpha value is -0.890. The fourth-order valence-electron chi connectivity index (χ4n) is 2.60. The molecule has 0 unspecified atom stereocenters. The van der Waals surface area contributed by atoms with Gasteiger partial charge in [-0.15, -0.1) is 0 Å². The second kappa shape index (κ2) is 7.64. The van der Waals surface area contributed by atoms with E-state index < -0.39 is 0 Å². The lowest BCUT2D eigenvalue weighted by atomic mass is 9.94. The van der Waals surface area contributed by atoms with Gasteiger partial charge in [-0.3, -0.25) is 0 Å². The first-order valence-corrected chi connectivity index (χ1v) is 7.40. The Balaban J connectivity index is 2.66. The van der Waals surface area contributed by atoms with E-state index in [9.17, 15) is 4.39 Å². The summed E-state index contributed by atoms with van der Waals surface area (Å²) in [5.41, 5.74) is 1.03. The van der Waals surface area contributed by atoms with Crippen molar-refractivity contribution in [2.45, 2.75) is 59.5 Å². The molecule has 1 rings (SSSR count). The molecule has 0 spiro atoms. The van der Waals surface area contributed by atoms with Crippen LogP contribution >= 0.6 is 0 Å². The van der Waals surface area contributed by atoms with Gasteiger partial charge in [0, 0.05) is 12.1 Å². The molecule has 1 N–H and O–H groups in total. The second-order valence-corrected chi connectivity index (χ2v) is 6.40. The summed E-state index contributed by atoms with van der Waals surface area (Å²) in [4.78, 5) is 0. The van der Waals surface area contributed by atoms with Crippen molar-refractivity contribution in [3.8, 4) is 0 Å². The molecule has 0 fully saturated rings. The highest BCUT2D eigenvalue weighted by Crippen LogP contribution is 2.19. The minimum atomic E-state index is -0.157. The molecule has 1 atom stereocenters. The normalized spacial score (nSPS) is 13.5. The van der Waals surface area contributed by atoms with E-state index in [-0.39, 0.29) is 11.9 Å². The van der Waals surface area contributed by atoms with Gasteiger partial charge in [-0.05, 0) is 49.3 Å². The maximum atomic E-state index is 13.3. The van der Waals surface area contributed by atoms with Gasteiger partial charge in [0.2, 0.25) is 0 Å².